The molecule has 0 aliphatic heterocycles. The van der Waals surface area contributed by atoms with E-state index in [-0.39, 0.29) is 6.04 Å². The van der Waals surface area contributed by atoms with Gasteiger partial charge in [0.25, 0.3) is 0 Å². The van der Waals surface area contributed by atoms with Gasteiger partial charge in [-0.3, -0.25) is 0 Å². The Kier molecular flexibility index (Phi) is 4.06. The fraction of sp³-hybridized carbons (Fsp3) is 0.167. The standard InChI is InChI=1S/C12H13BrN4/c13-9-3-1-2-4-10(9)17-12(7-14)11-5-6-15-8-16-11/h1-6,8,12,17H,7,14H2. The Balaban J connectivity index is 2.19. The fourth-order valence-electron chi connectivity index (χ4n) is 1.53. The lowest BCUT2D eigenvalue weighted by molar-refractivity contribution is 0.755. The van der Waals surface area contributed by atoms with Crippen LogP contribution < -0.4 is 11.1 Å². The van der Waals surface area contributed by atoms with Crippen molar-refractivity contribution < 1.29 is 0 Å². The topological polar surface area (TPSA) is 63.8 Å². The summed E-state index contributed by atoms with van der Waals surface area (Å²) in [5, 5.41) is 3.35. The molecule has 1 aromatic heterocycles. The molecule has 0 spiro atoms. The first-order chi connectivity index (χ1) is 8.31. The third-order valence-electron chi connectivity index (χ3n) is 2.40. The van der Waals surface area contributed by atoms with E-state index in [9.17, 15) is 0 Å². The first kappa shape index (κ1) is 12.0. The number of hydrogen-bond acceptors (Lipinski definition) is 4. The Labute approximate surface area is 108 Å². The average Bonchev–Trinajstić information content (AvgIpc) is 2.39. The van der Waals surface area contributed by atoms with Crippen LogP contribution in [-0.2, 0) is 0 Å². The van der Waals surface area contributed by atoms with Gasteiger partial charge < -0.3 is 11.1 Å². The van der Waals surface area contributed by atoms with E-state index in [1.165, 1.54) is 6.33 Å². The van der Waals surface area contributed by atoms with Crippen LogP contribution in [0.5, 0.6) is 0 Å². The second-order valence-corrected chi connectivity index (χ2v) is 4.40. The largest absolute Gasteiger partial charge is 0.375 e. The van der Waals surface area contributed by atoms with Crippen molar-refractivity contribution in [3.8, 4) is 0 Å². The van der Waals surface area contributed by atoms with Crippen LogP contribution in [0.1, 0.15) is 11.7 Å². The molecule has 1 unspecified atom stereocenters. The number of halogens is 1. The van der Waals surface area contributed by atoms with Crippen molar-refractivity contribution in [3.05, 3.63) is 53.0 Å². The third kappa shape index (κ3) is 3.01. The van der Waals surface area contributed by atoms with Gasteiger partial charge in [-0.05, 0) is 34.1 Å². The van der Waals surface area contributed by atoms with Crippen LogP contribution in [-0.4, -0.2) is 16.5 Å². The molecule has 5 heteroatoms. The maximum atomic E-state index is 5.76. The first-order valence-corrected chi connectivity index (χ1v) is 6.07. The second-order valence-electron chi connectivity index (χ2n) is 3.55. The number of aromatic nitrogens is 2. The van der Waals surface area contributed by atoms with Gasteiger partial charge in [0.1, 0.15) is 6.33 Å². The van der Waals surface area contributed by atoms with Crippen molar-refractivity contribution in [2.45, 2.75) is 6.04 Å². The predicted molar refractivity (Wildman–Crippen MR) is 71.6 cm³/mol. The van der Waals surface area contributed by atoms with Crippen molar-refractivity contribution in [3.63, 3.8) is 0 Å². The molecule has 0 radical (unpaired) electrons. The van der Waals surface area contributed by atoms with Crippen LogP contribution in [0.4, 0.5) is 5.69 Å². The molecule has 0 saturated carbocycles. The summed E-state index contributed by atoms with van der Waals surface area (Å²) in [6, 6.07) is 9.76. The molecule has 0 aliphatic rings. The van der Waals surface area contributed by atoms with Gasteiger partial charge in [0, 0.05) is 22.9 Å². The number of anilines is 1. The molecule has 3 N–H and O–H groups in total. The van der Waals surface area contributed by atoms with E-state index < -0.39 is 0 Å². The second kappa shape index (κ2) is 5.75. The van der Waals surface area contributed by atoms with E-state index >= 15 is 0 Å². The zero-order valence-corrected chi connectivity index (χ0v) is 10.8. The van der Waals surface area contributed by atoms with Gasteiger partial charge in [0.05, 0.1) is 11.7 Å². The highest BCUT2D eigenvalue weighted by Gasteiger charge is 2.11. The van der Waals surface area contributed by atoms with Crippen LogP contribution in [0.15, 0.2) is 47.3 Å². The van der Waals surface area contributed by atoms with Crippen LogP contribution >= 0.6 is 15.9 Å². The zero-order valence-electron chi connectivity index (χ0n) is 9.18. The Hall–Kier alpha value is -1.46. The summed E-state index contributed by atoms with van der Waals surface area (Å²) in [5.41, 5.74) is 7.65. The van der Waals surface area contributed by atoms with Crippen LogP contribution in [0.3, 0.4) is 0 Å². The van der Waals surface area contributed by atoms with Crippen LogP contribution in [0.25, 0.3) is 0 Å². The number of para-hydroxylation sites is 1. The van der Waals surface area contributed by atoms with Gasteiger partial charge in [-0.15, -0.1) is 0 Å². The summed E-state index contributed by atoms with van der Waals surface area (Å²) in [6.45, 7) is 0.471. The zero-order chi connectivity index (χ0) is 12.1. The molecule has 1 atom stereocenters. The molecular weight excluding hydrogens is 280 g/mol. The van der Waals surface area contributed by atoms with E-state index in [1.54, 1.807) is 6.20 Å². The predicted octanol–water partition coefficient (Wildman–Crippen LogP) is 2.35. The van der Waals surface area contributed by atoms with Gasteiger partial charge in [0.2, 0.25) is 0 Å². The maximum Gasteiger partial charge on any atom is 0.115 e. The molecule has 1 heterocycles. The Morgan fingerprint density at radius 2 is 2.12 bits per heavy atom. The first-order valence-electron chi connectivity index (χ1n) is 5.28. The van der Waals surface area contributed by atoms with Crippen molar-refractivity contribution >= 4 is 21.6 Å². The van der Waals surface area contributed by atoms with Crippen molar-refractivity contribution in [2.75, 3.05) is 11.9 Å². The summed E-state index contributed by atoms with van der Waals surface area (Å²) < 4.78 is 1.01. The third-order valence-corrected chi connectivity index (χ3v) is 3.09. The summed E-state index contributed by atoms with van der Waals surface area (Å²) in [4.78, 5) is 8.10. The minimum absolute atomic E-state index is 0.0169. The minimum atomic E-state index is -0.0169. The summed E-state index contributed by atoms with van der Waals surface area (Å²) in [6.07, 6.45) is 3.24. The lowest BCUT2D eigenvalue weighted by Crippen LogP contribution is -2.21. The number of hydrogen-bond donors (Lipinski definition) is 2. The maximum absolute atomic E-state index is 5.76. The van der Waals surface area contributed by atoms with Crippen LogP contribution in [0, 0.1) is 0 Å². The molecule has 0 aliphatic carbocycles. The molecule has 88 valence electrons. The van der Waals surface area contributed by atoms with E-state index in [2.05, 4.69) is 31.2 Å². The average molecular weight is 293 g/mol. The SMILES string of the molecule is NCC(Nc1ccccc1Br)c1ccncn1. The molecule has 1 aromatic carbocycles. The lowest BCUT2D eigenvalue weighted by atomic mass is 10.2. The van der Waals surface area contributed by atoms with Gasteiger partial charge in [-0.25, -0.2) is 9.97 Å². The molecule has 17 heavy (non-hydrogen) atoms. The van der Waals surface area contributed by atoms with E-state index in [0.717, 1.165) is 15.9 Å². The van der Waals surface area contributed by atoms with E-state index in [4.69, 9.17) is 5.73 Å². The number of nitrogens with two attached hydrogens (primary N) is 1. The van der Waals surface area contributed by atoms with E-state index in [1.807, 2.05) is 30.3 Å². The number of rotatable bonds is 4. The smallest absolute Gasteiger partial charge is 0.115 e. The van der Waals surface area contributed by atoms with Gasteiger partial charge >= 0.3 is 0 Å². The fourth-order valence-corrected chi connectivity index (χ4v) is 1.93. The lowest BCUT2D eigenvalue weighted by Gasteiger charge is -2.18. The number of nitrogens with zero attached hydrogens (tertiary/aromatic N) is 2. The summed E-state index contributed by atoms with van der Waals surface area (Å²) in [5.74, 6) is 0. The molecule has 0 fully saturated rings. The Bertz CT molecular complexity index is 475. The normalized spacial score (nSPS) is 12.1. The molecule has 2 aromatic rings. The molecular formula is C12H13BrN4. The molecule has 0 saturated heterocycles. The Morgan fingerprint density at radius 1 is 1.29 bits per heavy atom. The highest BCUT2D eigenvalue weighted by Crippen LogP contribution is 2.25. The number of benzene rings is 1. The van der Waals surface area contributed by atoms with Crippen LogP contribution in [0.2, 0.25) is 0 Å². The van der Waals surface area contributed by atoms with E-state index in [0.29, 0.717) is 6.54 Å². The highest BCUT2D eigenvalue weighted by atomic mass is 79.9. The molecule has 0 amide bonds. The molecule has 4 nitrogen and oxygen atoms in total. The van der Waals surface area contributed by atoms with Crippen molar-refractivity contribution in [1.29, 1.82) is 0 Å². The molecule has 0 bridgehead atoms. The summed E-state index contributed by atoms with van der Waals surface area (Å²) >= 11 is 3.49. The number of nitrogens with one attached hydrogen (secondary N) is 1. The Morgan fingerprint density at radius 3 is 2.76 bits per heavy atom. The highest BCUT2D eigenvalue weighted by molar-refractivity contribution is 9.10. The monoisotopic (exact) mass is 292 g/mol. The minimum Gasteiger partial charge on any atom is -0.375 e. The van der Waals surface area contributed by atoms with Gasteiger partial charge in [-0.1, -0.05) is 12.1 Å². The van der Waals surface area contributed by atoms with Crippen molar-refractivity contribution in [2.24, 2.45) is 5.73 Å². The van der Waals surface area contributed by atoms with Gasteiger partial charge in [-0.2, -0.15) is 0 Å². The summed E-state index contributed by atoms with van der Waals surface area (Å²) in [7, 11) is 0. The quantitative estimate of drug-likeness (QED) is 0.908. The van der Waals surface area contributed by atoms with Crippen molar-refractivity contribution in [1.82, 2.24) is 9.97 Å². The molecule has 2 rings (SSSR count). The van der Waals surface area contributed by atoms with Gasteiger partial charge in [0.15, 0.2) is 0 Å².